The first-order chi connectivity index (χ1) is 5.38. The zero-order valence-corrected chi connectivity index (χ0v) is 8.39. The molecule has 1 atom stereocenters. The molecule has 0 heterocycles. The molecule has 0 saturated heterocycles. The molecule has 0 rings (SSSR count). The second-order valence-corrected chi connectivity index (χ2v) is 4.09. The normalized spacial score (nSPS) is 14.1. The topological polar surface area (TPSA) is 52.3 Å². The van der Waals surface area contributed by atoms with E-state index in [2.05, 4.69) is 25.5 Å². The monoisotopic (exact) mass is 173 g/mol. The Morgan fingerprint density at radius 3 is 2.33 bits per heavy atom. The van der Waals surface area contributed by atoms with E-state index >= 15 is 0 Å². The minimum atomic E-state index is -0.185. The van der Waals surface area contributed by atoms with Gasteiger partial charge in [-0.25, -0.2) is 0 Å². The second kappa shape index (κ2) is 4.45. The van der Waals surface area contributed by atoms with Crippen molar-refractivity contribution in [2.24, 2.45) is 11.1 Å². The predicted octanol–water partition coefficient (Wildman–Crippen LogP) is 1.31. The third kappa shape index (κ3) is 4.34. The number of nitrogens with two attached hydrogens (primary N) is 1. The molecule has 0 aromatic rings. The first kappa shape index (κ1) is 11.4. The van der Waals surface area contributed by atoms with Crippen LogP contribution in [0.25, 0.3) is 0 Å². The maximum atomic E-state index is 10.8. The van der Waals surface area contributed by atoms with Gasteiger partial charge >= 0.3 is 5.97 Å². The smallest absolute Gasteiger partial charge is 0.305 e. The quantitative estimate of drug-likeness (QED) is 0.655. The van der Waals surface area contributed by atoms with Crippen molar-refractivity contribution in [3.05, 3.63) is 0 Å². The van der Waals surface area contributed by atoms with E-state index in [1.165, 1.54) is 7.11 Å². The Kier molecular flexibility index (Phi) is 4.24. The number of esters is 1. The van der Waals surface area contributed by atoms with E-state index in [0.29, 0.717) is 12.8 Å². The third-order valence-electron chi connectivity index (χ3n) is 2.00. The predicted molar refractivity (Wildman–Crippen MR) is 48.7 cm³/mol. The summed E-state index contributed by atoms with van der Waals surface area (Å²) in [6, 6.07) is 0.0524. The number of hydrogen-bond donors (Lipinski definition) is 1. The molecular weight excluding hydrogens is 154 g/mol. The lowest BCUT2D eigenvalue weighted by Crippen LogP contribution is -2.35. The van der Waals surface area contributed by atoms with Gasteiger partial charge in [-0.15, -0.1) is 0 Å². The Hall–Kier alpha value is -0.570. The zero-order valence-electron chi connectivity index (χ0n) is 8.39. The highest BCUT2D eigenvalue weighted by atomic mass is 16.5. The largest absolute Gasteiger partial charge is 0.469 e. The van der Waals surface area contributed by atoms with Gasteiger partial charge in [-0.2, -0.15) is 0 Å². The van der Waals surface area contributed by atoms with Crippen molar-refractivity contribution >= 4 is 5.97 Å². The second-order valence-electron chi connectivity index (χ2n) is 4.09. The minimum Gasteiger partial charge on any atom is -0.469 e. The van der Waals surface area contributed by atoms with Crippen molar-refractivity contribution in [3.63, 3.8) is 0 Å². The molecule has 0 radical (unpaired) electrons. The fourth-order valence-corrected chi connectivity index (χ4v) is 0.808. The van der Waals surface area contributed by atoms with Crippen LogP contribution in [0.1, 0.15) is 33.6 Å². The minimum absolute atomic E-state index is 0.0524. The maximum absolute atomic E-state index is 10.8. The summed E-state index contributed by atoms with van der Waals surface area (Å²) < 4.78 is 4.52. The molecule has 0 aliphatic rings. The molecule has 0 aromatic carbocycles. The maximum Gasteiger partial charge on any atom is 0.305 e. The molecule has 2 N–H and O–H groups in total. The summed E-state index contributed by atoms with van der Waals surface area (Å²) in [5.74, 6) is -0.185. The van der Waals surface area contributed by atoms with E-state index in [9.17, 15) is 4.79 Å². The summed E-state index contributed by atoms with van der Waals surface area (Å²) in [7, 11) is 1.39. The first-order valence-electron chi connectivity index (χ1n) is 4.20. The van der Waals surface area contributed by atoms with Gasteiger partial charge in [0.1, 0.15) is 0 Å². The molecule has 0 saturated carbocycles. The zero-order chi connectivity index (χ0) is 9.78. The summed E-state index contributed by atoms with van der Waals surface area (Å²) in [5, 5.41) is 0. The van der Waals surface area contributed by atoms with Gasteiger partial charge in [0.2, 0.25) is 0 Å². The van der Waals surface area contributed by atoms with Gasteiger partial charge in [-0.3, -0.25) is 4.79 Å². The Morgan fingerprint density at radius 2 is 2.00 bits per heavy atom. The average molecular weight is 173 g/mol. The van der Waals surface area contributed by atoms with E-state index in [1.807, 2.05) is 0 Å². The highest BCUT2D eigenvalue weighted by molar-refractivity contribution is 5.69. The molecular formula is C9H19NO2. The Bertz CT molecular complexity index is 149. The molecule has 0 fully saturated rings. The van der Waals surface area contributed by atoms with Crippen LogP contribution < -0.4 is 5.73 Å². The lowest BCUT2D eigenvalue weighted by atomic mass is 9.85. The number of carbonyl (C=O) groups is 1. The number of methoxy groups -OCH3 is 1. The summed E-state index contributed by atoms with van der Waals surface area (Å²) in [4.78, 5) is 10.8. The molecule has 0 amide bonds. The van der Waals surface area contributed by atoms with Crippen molar-refractivity contribution in [3.8, 4) is 0 Å². The van der Waals surface area contributed by atoms with Gasteiger partial charge in [0.05, 0.1) is 7.11 Å². The molecule has 72 valence electrons. The van der Waals surface area contributed by atoms with Crippen LogP contribution in [0.4, 0.5) is 0 Å². The van der Waals surface area contributed by atoms with Gasteiger partial charge in [0.15, 0.2) is 0 Å². The van der Waals surface area contributed by atoms with Crippen LogP contribution in [0.15, 0.2) is 0 Å². The summed E-state index contributed by atoms with van der Waals surface area (Å²) in [5.41, 5.74) is 5.91. The van der Waals surface area contributed by atoms with Crippen molar-refractivity contribution in [1.29, 1.82) is 0 Å². The van der Waals surface area contributed by atoms with E-state index < -0.39 is 0 Å². The lowest BCUT2D eigenvalue weighted by molar-refractivity contribution is -0.140. The van der Waals surface area contributed by atoms with Gasteiger partial charge in [-0.05, 0) is 11.8 Å². The number of rotatable bonds is 3. The highest BCUT2D eigenvalue weighted by Crippen LogP contribution is 2.20. The average Bonchev–Trinajstić information content (AvgIpc) is 1.97. The molecule has 0 aliphatic carbocycles. The van der Waals surface area contributed by atoms with Crippen molar-refractivity contribution in [2.75, 3.05) is 7.11 Å². The van der Waals surface area contributed by atoms with E-state index in [1.54, 1.807) is 0 Å². The fraction of sp³-hybridized carbons (Fsp3) is 0.889. The van der Waals surface area contributed by atoms with Crippen molar-refractivity contribution < 1.29 is 9.53 Å². The lowest BCUT2D eigenvalue weighted by Gasteiger charge is -2.26. The van der Waals surface area contributed by atoms with Crippen LogP contribution >= 0.6 is 0 Å². The molecule has 0 aromatic heterocycles. The SMILES string of the molecule is COC(=O)CCC(N)C(C)(C)C. The summed E-state index contributed by atoms with van der Waals surface area (Å²) in [6.07, 6.45) is 1.10. The van der Waals surface area contributed by atoms with Crippen molar-refractivity contribution in [1.82, 2.24) is 0 Å². The Morgan fingerprint density at radius 1 is 1.50 bits per heavy atom. The molecule has 3 nitrogen and oxygen atoms in total. The molecule has 12 heavy (non-hydrogen) atoms. The molecule has 1 unspecified atom stereocenters. The number of ether oxygens (including phenoxy) is 1. The fourth-order valence-electron chi connectivity index (χ4n) is 0.808. The van der Waals surface area contributed by atoms with Gasteiger partial charge < -0.3 is 10.5 Å². The molecule has 0 aliphatic heterocycles. The van der Waals surface area contributed by atoms with Gasteiger partial charge in [0.25, 0.3) is 0 Å². The number of carbonyl (C=O) groups excluding carboxylic acids is 1. The first-order valence-corrected chi connectivity index (χ1v) is 4.20. The van der Waals surface area contributed by atoms with Crippen LogP contribution in [0, 0.1) is 5.41 Å². The molecule has 0 spiro atoms. The van der Waals surface area contributed by atoms with Crippen LogP contribution in [-0.2, 0) is 9.53 Å². The Balaban J connectivity index is 3.72. The highest BCUT2D eigenvalue weighted by Gasteiger charge is 2.20. The molecule has 3 heteroatoms. The number of hydrogen-bond acceptors (Lipinski definition) is 3. The summed E-state index contributed by atoms with van der Waals surface area (Å²) in [6.45, 7) is 6.19. The van der Waals surface area contributed by atoms with E-state index in [4.69, 9.17) is 5.73 Å². The van der Waals surface area contributed by atoms with Crippen LogP contribution in [0.3, 0.4) is 0 Å². The standard InChI is InChI=1S/C9H19NO2/c1-9(2,3)7(10)5-6-8(11)12-4/h7H,5-6,10H2,1-4H3. The van der Waals surface area contributed by atoms with Gasteiger partial charge in [0, 0.05) is 12.5 Å². The summed E-state index contributed by atoms with van der Waals surface area (Å²) >= 11 is 0. The van der Waals surface area contributed by atoms with Gasteiger partial charge in [-0.1, -0.05) is 20.8 Å². The van der Waals surface area contributed by atoms with Crippen LogP contribution in [0.2, 0.25) is 0 Å². The van der Waals surface area contributed by atoms with E-state index in [0.717, 1.165) is 0 Å². The Labute approximate surface area is 74.3 Å². The van der Waals surface area contributed by atoms with Crippen LogP contribution in [0.5, 0.6) is 0 Å². The third-order valence-corrected chi connectivity index (χ3v) is 2.00. The van der Waals surface area contributed by atoms with Crippen molar-refractivity contribution in [2.45, 2.75) is 39.7 Å². The van der Waals surface area contributed by atoms with E-state index in [-0.39, 0.29) is 17.4 Å². The van der Waals surface area contributed by atoms with Crippen LogP contribution in [-0.4, -0.2) is 19.1 Å². The molecule has 0 bridgehead atoms.